The Labute approximate surface area is 117 Å². The molecule has 2 heteroatoms. The maximum Gasteiger partial charge on any atom is 0.311 e. The number of esters is 1. The van der Waals surface area contributed by atoms with E-state index >= 15 is 0 Å². The molecule has 0 aromatic heterocycles. The molecular formula is C17H26O2. The third-order valence-electron chi connectivity index (χ3n) is 3.63. The predicted octanol–water partition coefficient (Wildman–Crippen LogP) is 4.46. The smallest absolute Gasteiger partial charge is 0.311 e. The van der Waals surface area contributed by atoms with E-state index in [9.17, 15) is 4.79 Å². The number of hydrogen-bond acceptors (Lipinski definition) is 2. The second kappa shape index (κ2) is 5.77. The average molecular weight is 262 g/mol. The summed E-state index contributed by atoms with van der Waals surface area (Å²) in [6.45, 7) is 12.7. The van der Waals surface area contributed by atoms with Gasteiger partial charge in [-0.15, -0.1) is 0 Å². The van der Waals surface area contributed by atoms with Crippen LogP contribution in [0.4, 0.5) is 0 Å². The summed E-state index contributed by atoms with van der Waals surface area (Å²) in [5, 5.41) is 0. The van der Waals surface area contributed by atoms with E-state index in [0.717, 1.165) is 12.0 Å². The molecule has 1 aromatic carbocycles. The molecule has 106 valence electrons. The van der Waals surface area contributed by atoms with Crippen molar-refractivity contribution >= 4 is 5.97 Å². The SMILES string of the molecule is CCC(C)(C)C(=O)OCc1ccc(C(C)(C)C)cc1. The summed E-state index contributed by atoms with van der Waals surface area (Å²) in [6.07, 6.45) is 0.787. The molecule has 0 atom stereocenters. The number of rotatable bonds is 4. The summed E-state index contributed by atoms with van der Waals surface area (Å²) >= 11 is 0. The third kappa shape index (κ3) is 4.38. The maximum absolute atomic E-state index is 11.9. The normalized spacial score (nSPS) is 12.3. The molecule has 1 rings (SSSR count). The predicted molar refractivity (Wildman–Crippen MR) is 79.0 cm³/mol. The minimum atomic E-state index is -0.397. The molecule has 0 spiro atoms. The van der Waals surface area contributed by atoms with Gasteiger partial charge in [0, 0.05) is 0 Å². The highest BCUT2D eigenvalue weighted by atomic mass is 16.5. The summed E-state index contributed by atoms with van der Waals surface area (Å²) in [6, 6.07) is 8.28. The van der Waals surface area contributed by atoms with E-state index in [4.69, 9.17) is 4.74 Å². The molecule has 2 nitrogen and oxygen atoms in total. The third-order valence-corrected chi connectivity index (χ3v) is 3.63. The van der Waals surface area contributed by atoms with Crippen molar-refractivity contribution < 1.29 is 9.53 Å². The van der Waals surface area contributed by atoms with E-state index in [2.05, 4.69) is 32.9 Å². The van der Waals surface area contributed by atoms with Crippen molar-refractivity contribution in [2.45, 2.75) is 60.0 Å². The van der Waals surface area contributed by atoms with Gasteiger partial charge in [-0.1, -0.05) is 52.0 Å². The van der Waals surface area contributed by atoms with Gasteiger partial charge in [0.2, 0.25) is 0 Å². The van der Waals surface area contributed by atoms with Gasteiger partial charge in [0.1, 0.15) is 6.61 Å². The Morgan fingerprint density at radius 1 is 1.05 bits per heavy atom. The van der Waals surface area contributed by atoms with Gasteiger partial charge in [-0.2, -0.15) is 0 Å². The van der Waals surface area contributed by atoms with Gasteiger partial charge in [0.05, 0.1) is 5.41 Å². The number of ether oxygens (including phenoxy) is 1. The van der Waals surface area contributed by atoms with Gasteiger partial charge >= 0.3 is 5.97 Å². The van der Waals surface area contributed by atoms with Crippen LogP contribution >= 0.6 is 0 Å². The van der Waals surface area contributed by atoms with Gasteiger partial charge < -0.3 is 4.74 Å². The lowest BCUT2D eigenvalue weighted by atomic mass is 9.87. The van der Waals surface area contributed by atoms with Crippen LogP contribution in [-0.2, 0) is 21.6 Å². The zero-order valence-electron chi connectivity index (χ0n) is 13.0. The van der Waals surface area contributed by atoms with Crippen LogP contribution in [0.2, 0.25) is 0 Å². The molecule has 0 amide bonds. The first-order valence-corrected chi connectivity index (χ1v) is 6.93. The van der Waals surface area contributed by atoms with Crippen LogP contribution in [0.15, 0.2) is 24.3 Å². The Balaban J connectivity index is 2.63. The topological polar surface area (TPSA) is 26.3 Å². The first kappa shape index (κ1) is 15.7. The number of benzene rings is 1. The average Bonchev–Trinajstić information content (AvgIpc) is 2.35. The fourth-order valence-corrected chi connectivity index (χ4v) is 1.59. The summed E-state index contributed by atoms with van der Waals surface area (Å²) in [4.78, 5) is 11.9. The van der Waals surface area contributed by atoms with E-state index < -0.39 is 5.41 Å². The monoisotopic (exact) mass is 262 g/mol. The van der Waals surface area contributed by atoms with Crippen LogP contribution in [0.3, 0.4) is 0 Å². The summed E-state index contributed by atoms with van der Waals surface area (Å²) in [5.74, 6) is -0.130. The van der Waals surface area contributed by atoms with Gasteiger partial charge in [-0.05, 0) is 36.8 Å². The Morgan fingerprint density at radius 2 is 1.58 bits per heavy atom. The standard InChI is InChI=1S/C17H26O2/c1-7-17(5,6)15(18)19-12-13-8-10-14(11-9-13)16(2,3)4/h8-11H,7,12H2,1-6H3. The molecule has 0 radical (unpaired) electrons. The van der Waals surface area contributed by atoms with E-state index in [0.29, 0.717) is 6.61 Å². The molecule has 0 saturated heterocycles. The molecule has 0 heterocycles. The fourth-order valence-electron chi connectivity index (χ4n) is 1.59. The number of carbonyl (C=O) groups excluding carboxylic acids is 1. The van der Waals surface area contributed by atoms with Crippen molar-refractivity contribution in [2.75, 3.05) is 0 Å². The second-order valence-corrected chi connectivity index (χ2v) is 6.76. The largest absolute Gasteiger partial charge is 0.460 e. The molecule has 0 saturated carbocycles. The Morgan fingerprint density at radius 3 is 2.00 bits per heavy atom. The molecule has 1 aromatic rings. The zero-order chi connectivity index (χ0) is 14.7. The van der Waals surface area contributed by atoms with E-state index in [1.807, 2.05) is 32.9 Å². The summed E-state index contributed by atoms with van der Waals surface area (Å²) in [7, 11) is 0. The van der Waals surface area contributed by atoms with Crippen molar-refractivity contribution in [3.8, 4) is 0 Å². The summed E-state index contributed by atoms with van der Waals surface area (Å²) in [5.41, 5.74) is 2.08. The lowest BCUT2D eigenvalue weighted by molar-refractivity contribution is -0.155. The van der Waals surface area contributed by atoms with Crippen LogP contribution in [0.5, 0.6) is 0 Å². The first-order valence-electron chi connectivity index (χ1n) is 6.93. The van der Waals surface area contributed by atoms with E-state index in [-0.39, 0.29) is 11.4 Å². The highest BCUT2D eigenvalue weighted by molar-refractivity contribution is 5.75. The molecule has 0 fully saturated rings. The van der Waals surface area contributed by atoms with Gasteiger partial charge in [-0.3, -0.25) is 4.79 Å². The Hall–Kier alpha value is -1.31. The lowest BCUT2D eigenvalue weighted by Gasteiger charge is -2.21. The molecule has 0 aliphatic heterocycles. The van der Waals surface area contributed by atoms with Crippen LogP contribution in [0.25, 0.3) is 0 Å². The number of carbonyl (C=O) groups is 1. The van der Waals surface area contributed by atoms with Crippen molar-refractivity contribution in [3.63, 3.8) is 0 Å². The molecule has 0 aliphatic carbocycles. The van der Waals surface area contributed by atoms with Crippen LogP contribution in [-0.4, -0.2) is 5.97 Å². The summed E-state index contributed by atoms with van der Waals surface area (Å²) < 4.78 is 5.37. The van der Waals surface area contributed by atoms with E-state index in [1.54, 1.807) is 0 Å². The molecule has 0 aliphatic rings. The van der Waals surface area contributed by atoms with Gasteiger partial charge in [0.15, 0.2) is 0 Å². The van der Waals surface area contributed by atoms with Crippen LogP contribution in [0, 0.1) is 5.41 Å². The second-order valence-electron chi connectivity index (χ2n) is 6.76. The molecular weight excluding hydrogens is 236 g/mol. The quantitative estimate of drug-likeness (QED) is 0.749. The number of hydrogen-bond donors (Lipinski definition) is 0. The zero-order valence-corrected chi connectivity index (χ0v) is 13.0. The molecule has 0 N–H and O–H groups in total. The molecule has 19 heavy (non-hydrogen) atoms. The lowest BCUT2D eigenvalue weighted by Crippen LogP contribution is -2.25. The van der Waals surface area contributed by atoms with Crippen LogP contribution < -0.4 is 0 Å². The van der Waals surface area contributed by atoms with Gasteiger partial charge in [0.25, 0.3) is 0 Å². The fraction of sp³-hybridized carbons (Fsp3) is 0.588. The first-order chi connectivity index (χ1) is 8.66. The molecule has 0 bridgehead atoms. The highest BCUT2D eigenvalue weighted by Crippen LogP contribution is 2.24. The van der Waals surface area contributed by atoms with Crippen LogP contribution in [0.1, 0.15) is 59.1 Å². The Bertz CT molecular complexity index is 422. The van der Waals surface area contributed by atoms with Crippen molar-refractivity contribution in [3.05, 3.63) is 35.4 Å². The maximum atomic E-state index is 11.9. The minimum absolute atomic E-state index is 0.130. The highest BCUT2D eigenvalue weighted by Gasteiger charge is 2.26. The minimum Gasteiger partial charge on any atom is -0.460 e. The molecule has 0 unspecified atom stereocenters. The van der Waals surface area contributed by atoms with E-state index in [1.165, 1.54) is 5.56 Å². The van der Waals surface area contributed by atoms with Crippen molar-refractivity contribution in [2.24, 2.45) is 5.41 Å². The van der Waals surface area contributed by atoms with Crippen molar-refractivity contribution in [1.82, 2.24) is 0 Å². The van der Waals surface area contributed by atoms with Crippen molar-refractivity contribution in [1.29, 1.82) is 0 Å². The Kier molecular flexibility index (Phi) is 4.78. The van der Waals surface area contributed by atoms with Gasteiger partial charge in [-0.25, -0.2) is 0 Å².